The lowest BCUT2D eigenvalue weighted by Crippen LogP contribution is -2.44. The number of rotatable bonds is 3. The van der Waals surface area contributed by atoms with E-state index in [2.05, 4.69) is 11.8 Å². The number of morpholine rings is 1. The second-order valence-electron chi connectivity index (χ2n) is 5.05. The van der Waals surface area contributed by atoms with Crippen molar-refractivity contribution in [3.05, 3.63) is 35.8 Å². The van der Waals surface area contributed by atoms with Gasteiger partial charge in [-0.1, -0.05) is 19.1 Å². The van der Waals surface area contributed by atoms with Gasteiger partial charge < -0.3 is 14.3 Å². The first kappa shape index (κ1) is 13.5. The molecule has 1 aromatic heterocycles. The molecule has 2 unspecified atom stereocenters. The maximum absolute atomic E-state index is 13.6. The highest BCUT2D eigenvalue weighted by Crippen LogP contribution is 2.29. The van der Waals surface area contributed by atoms with Gasteiger partial charge in [0.2, 0.25) is 0 Å². The topological polar surface area (TPSA) is 45.8 Å². The molecule has 2 atom stereocenters. The third kappa shape index (κ3) is 2.44. The van der Waals surface area contributed by atoms with E-state index in [0.717, 1.165) is 13.1 Å². The lowest BCUT2D eigenvalue weighted by molar-refractivity contribution is -0.0941. The number of para-hydroxylation sites is 1. The van der Waals surface area contributed by atoms with Gasteiger partial charge in [-0.05, 0) is 18.7 Å². The van der Waals surface area contributed by atoms with Crippen LogP contribution in [0.3, 0.4) is 0 Å². The van der Waals surface area contributed by atoms with Gasteiger partial charge in [0.25, 0.3) is 0 Å². The fourth-order valence-corrected chi connectivity index (χ4v) is 2.59. The molecule has 5 heteroatoms. The van der Waals surface area contributed by atoms with Crippen LogP contribution in [0.2, 0.25) is 0 Å². The number of furan rings is 1. The molecule has 0 amide bonds. The monoisotopic (exact) mass is 279 g/mol. The van der Waals surface area contributed by atoms with Gasteiger partial charge in [-0.3, -0.25) is 4.90 Å². The Morgan fingerprint density at radius 2 is 2.35 bits per heavy atom. The first-order valence-electron chi connectivity index (χ1n) is 6.89. The van der Waals surface area contributed by atoms with Gasteiger partial charge in [-0.15, -0.1) is 0 Å². The van der Waals surface area contributed by atoms with Crippen LogP contribution in [0.1, 0.15) is 18.8 Å². The fraction of sp³-hybridized carbons (Fsp3) is 0.467. The SMILES string of the molecule is CCN1CCOC(C(O)c2cc3cccc(F)c3o2)C1. The number of hydrogen-bond acceptors (Lipinski definition) is 4. The highest BCUT2D eigenvalue weighted by molar-refractivity contribution is 5.78. The summed E-state index contributed by atoms with van der Waals surface area (Å²) in [5.41, 5.74) is 0.185. The number of halogens is 1. The maximum atomic E-state index is 13.6. The van der Waals surface area contributed by atoms with Gasteiger partial charge >= 0.3 is 0 Å². The Morgan fingerprint density at radius 1 is 1.50 bits per heavy atom. The number of fused-ring (bicyclic) bond motifs is 1. The molecule has 0 radical (unpaired) electrons. The quantitative estimate of drug-likeness (QED) is 0.936. The van der Waals surface area contributed by atoms with Crippen LogP contribution in [-0.2, 0) is 4.74 Å². The standard InChI is InChI=1S/C15H18FNO3/c1-2-17-6-7-19-13(9-17)14(18)12-8-10-4-3-5-11(16)15(10)20-12/h3-5,8,13-14,18H,2,6-7,9H2,1H3. The van der Waals surface area contributed by atoms with Gasteiger partial charge in [-0.25, -0.2) is 4.39 Å². The Morgan fingerprint density at radius 3 is 3.10 bits per heavy atom. The summed E-state index contributed by atoms with van der Waals surface area (Å²) in [7, 11) is 0. The van der Waals surface area contributed by atoms with Crippen molar-refractivity contribution in [1.82, 2.24) is 4.90 Å². The van der Waals surface area contributed by atoms with E-state index in [9.17, 15) is 9.50 Å². The van der Waals surface area contributed by atoms with Crippen LogP contribution in [0.25, 0.3) is 11.0 Å². The summed E-state index contributed by atoms with van der Waals surface area (Å²) in [6.45, 7) is 5.10. The van der Waals surface area contributed by atoms with E-state index in [1.807, 2.05) is 0 Å². The molecular formula is C15H18FNO3. The van der Waals surface area contributed by atoms with Crippen molar-refractivity contribution in [3.63, 3.8) is 0 Å². The summed E-state index contributed by atoms with van der Waals surface area (Å²) >= 11 is 0. The third-order valence-corrected chi connectivity index (χ3v) is 3.78. The number of aliphatic hydroxyl groups is 1. The largest absolute Gasteiger partial charge is 0.455 e. The molecule has 0 saturated carbocycles. The minimum absolute atomic E-state index is 0.185. The number of nitrogens with zero attached hydrogens (tertiary/aromatic N) is 1. The molecule has 1 aliphatic rings. The summed E-state index contributed by atoms with van der Waals surface area (Å²) < 4.78 is 24.7. The molecule has 20 heavy (non-hydrogen) atoms. The highest BCUT2D eigenvalue weighted by atomic mass is 19.1. The van der Waals surface area contributed by atoms with Crippen LogP contribution in [0.4, 0.5) is 4.39 Å². The maximum Gasteiger partial charge on any atom is 0.170 e. The molecule has 1 fully saturated rings. The molecule has 2 heterocycles. The predicted octanol–water partition coefficient (Wildman–Crippen LogP) is 2.33. The summed E-state index contributed by atoms with van der Waals surface area (Å²) in [4.78, 5) is 2.21. The van der Waals surface area contributed by atoms with Crippen LogP contribution in [0, 0.1) is 5.82 Å². The Balaban J connectivity index is 1.84. The normalized spacial score (nSPS) is 22.2. The minimum Gasteiger partial charge on any atom is -0.455 e. The second-order valence-corrected chi connectivity index (χ2v) is 5.05. The molecule has 0 bridgehead atoms. The first-order chi connectivity index (χ1) is 9.69. The third-order valence-electron chi connectivity index (χ3n) is 3.78. The first-order valence-corrected chi connectivity index (χ1v) is 6.89. The minimum atomic E-state index is -0.879. The molecule has 0 spiro atoms. The Labute approximate surface area is 116 Å². The summed E-state index contributed by atoms with van der Waals surface area (Å²) in [5.74, 6) is -0.0613. The molecule has 4 nitrogen and oxygen atoms in total. The number of likely N-dealkylation sites (N-methyl/N-ethyl adjacent to an activating group) is 1. The van der Waals surface area contributed by atoms with E-state index in [1.54, 1.807) is 18.2 Å². The van der Waals surface area contributed by atoms with Crippen molar-refractivity contribution < 1.29 is 18.7 Å². The van der Waals surface area contributed by atoms with Crippen molar-refractivity contribution in [1.29, 1.82) is 0 Å². The molecule has 0 aliphatic carbocycles. The number of benzene rings is 1. The number of ether oxygens (including phenoxy) is 1. The predicted molar refractivity (Wildman–Crippen MR) is 73.0 cm³/mol. The van der Waals surface area contributed by atoms with Gasteiger partial charge in [0.05, 0.1) is 6.61 Å². The summed E-state index contributed by atoms with van der Waals surface area (Å²) in [6.07, 6.45) is -1.22. The zero-order chi connectivity index (χ0) is 14.1. The molecule has 2 aromatic rings. The van der Waals surface area contributed by atoms with E-state index >= 15 is 0 Å². The van der Waals surface area contributed by atoms with Crippen LogP contribution >= 0.6 is 0 Å². The smallest absolute Gasteiger partial charge is 0.170 e. The zero-order valence-corrected chi connectivity index (χ0v) is 11.4. The van der Waals surface area contributed by atoms with E-state index in [1.165, 1.54) is 6.07 Å². The lowest BCUT2D eigenvalue weighted by atomic mass is 10.1. The second kappa shape index (κ2) is 5.52. The van der Waals surface area contributed by atoms with Gasteiger partial charge in [0.1, 0.15) is 18.0 Å². The molecule has 1 aromatic carbocycles. The van der Waals surface area contributed by atoms with Crippen LogP contribution in [-0.4, -0.2) is 42.4 Å². The number of aliphatic hydroxyl groups excluding tert-OH is 1. The van der Waals surface area contributed by atoms with E-state index in [0.29, 0.717) is 24.3 Å². The molecule has 3 rings (SSSR count). The van der Waals surface area contributed by atoms with Crippen LogP contribution < -0.4 is 0 Å². The van der Waals surface area contributed by atoms with Crippen LogP contribution in [0.5, 0.6) is 0 Å². The van der Waals surface area contributed by atoms with Crippen LogP contribution in [0.15, 0.2) is 28.7 Å². The number of hydrogen-bond donors (Lipinski definition) is 1. The van der Waals surface area contributed by atoms with Crippen molar-refractivity contribution in [2.75, 3.05) is 26.2 Å². The van der Waals surface area contributed by atoms with E-state index in [-0.39, 0.29) is 11.7 Å². The molecule has 108 valence electrons. The molecule has 1 aliphatic heterocycles. The summed E-state index contributed by atoms with van der Waals surface area (Å²) in [5, 5.41) is 11.0. The zero-order valence-electron chi connectivity index (χ0n) is 11.4. The highest BCUT2D eigenvalue weighted by Gasteiger charge is 2.29. The molecule has 1 N–H and O–H groups in total. The fourth-order valence-electron chi connectivity index (χ4n) is 2.59. The Bertz CT molecular complexity index is 598. The van der Waals surface area contributed by atoms with E-state index in [4.69, 9.17) is 9.15 Å². The lowest BCUT2D eigenvalue weighted by Gasteiger charge is -2.33. The van der Waals surface area contributed by atoms with Crippen molar-refractivity contribution in [2.24, 2.45) is 0 Å². The molecule has 1 saturated heterocycles. The molecular weight excluding hydrogens is 261 g/mol. The van der Waals surface area contributed by atoms with Gasteiger partial charge in [0, 0.05) is 18.5 Å². The summed E-state index contributed by atoms with van der Waals surface area (Å²) in [6, 6.07) is 6.41. The van der Waals surface area contributed by atoms with Gasteiger partial charge in [0.15, 0.2) is 11.4 Å². The van der Waals surface area contributed by atoms with Crippen molar-refractivity contribution in [2.45, 2.75) is 19.1 Å². The van der Waals surface area contributed by atoms with Crippen molar-refractivity contribution in [3.8, 4) is 0 Å². The average Bonchev–Trinajstić information content (AvgIpc) is 2.92. The van der Waals surface area contributed by atoms with Crippen molar-refractivity contribution >= 4 is 11.0 Å². The Hall–Kier alpha value is -1.43. The Kier molecular flexibility index (Phi) is 3.74. The average molecular weight is 279 g/mol. The van der Waals surface area contributed by atoms with Gasteiger partial charge in [-0.2, -0.15) is 0 Å². The van der Waals surface area contributed by atoms with E-state index < -0.39 is 11.9 Å².